The molecule has 1 heterocycles. The number of hydroxylamine groups is 4. The molecule has 5 aromatic rings. The van der Waals surface area contributed by atoms with E-state index in [0.717, 1.165) is 55.7 Å². The molecule has 0 fully saturated rings. The molecule has 0 unspecified atom stereocenters. The molecule has 0 amide bonds. The van der Waals surface area contributed by atoms with E-state index < -0.39 is 0 Å². The van der Waals surface area contributed by atoms with Crippen LogP contribution in [-0.4, -0.2) is 43.6 Å². The molecule has 0 saturated carbocycles. The second kappa shape index (κ2) is 13.8. The molecule has 0 radical (unpaired) electrons. The number of azo groups is 1. The molecule has 0 saturated heterocycles. The molecule has 8 heteroatoms. The summed E-state index contributed by atoms with van der Waals surface area (Å²) in [7, 11) is 0. The lowest BCUT2D eigenvalue weighted by molar-refractivity contribution is -0.0949. The van der Waals surface area contributed by atoms with Crippen LogP contribution in [0.3, 0.4) is 0 Å². The third-order valence-corrected chi connectivity index (χ3v) is 6.77. The van der Waals surface area contributed by atoms with Crippen molar-refractivity contribution in [3.63, 3.8) is 0 Å². The first-order valence-corrected chi connectivity index (χ1v) is 13.5. The molecule has 0 spiro atoms. The van der Waals surface area contributed by atoms with Gasteiger partial charge in [0, 0.05) is 26.2 Å². The van der Waals surface area contributed by atoms with Gasteiger partial charge in [0.1, 0.15) is 0 Å². The van der Waals surface area contributed by atoms with Crippen LogP contribution in [0.15, 0.2) is 95.2 Å². The van der Waals surface area contributed by atoms with Crippen molar-refractivity contribution in [2.75, 3.05) is 13.1 Å². The van der Waals surface area contributed by atoms with Gasteiger partial charge < -0.3 is 10.4 Å². The van der Waals surface area contributed by atoms with Crippen LogP contribution < -0.4 is 0 Å². The maximum atomic E-state index is 9.71. The Morgan fingerprint density at radius 3 is 1.60 bits per heavy atom. The zero-order valence-corrected chi connectivity index (χ0v) is 23.5. The Bertz CT molecular complexity index is 1480. The van der Waals surface area contributed by atoms with Gasteiger partial charge in [0.15, 0.2) is 0 Å². The highest BCUT2D eigenvalue weighted by Gasteiger charge is 2.08. The first-order chi connectivity index (χ1) is 19.4. The lowest BCUT2D eigenvalue weighted by atomic mass is 10.0. The van der Waals surface area contributed by atoms with Gasteiger partial charge >= 0.3 is 0 Å². The van der Waals surface area contributed by atoms with Crippen LogP contribution in [-0.2, 0) is 13.1 Å². The second-order valence-electron chi connectivity index (χ2n) is 9.52. The van der Waals surface area contributed by atoms with Gasteiger partial charge in [-0.2, -0.15) is 20.4 Å². The standard InChI is InChI=1S/C20H28N4O2.C12H8N2/c1-5-23(25)13-17-7-10-19(11-8-17)21-22-20-12-9-18(14-24(26)6-2)15(3)16(20)4;1-2-6-10-9(5-1)13-11-7-3-4-8-12(11)14-10/h7-12,25-26H,5-6,13-14H2,1-4H3;1-8H. The van der Waals surface area contributed by atoms with Crippen molar-refractivity contribution in [2.24, 2.45) is 10.2 Å². The van der Waals surface area contributed by atoms with Crippen molar-refractivity contribution in [2.45, 2.75) is 40.8 Å². The number of nitrogens with zero attached hydrogens (tertiary/aromatic N) is 6. The molecule has 0 aliphatic heterocycles. The zero-order chi connectivity index (χ0) is 28.5. The highest BCUT2D eigenvalue weighted by atomic mass is 16.5. The topological polar surface area (TPSA) is 97.4 Å². The second-order valence-corrected chi connectivity index (χ2v) is 9.52. The summed E-state index contributed by atoms with van der Waals surface area (Å²) in [6.07, 6.45) is 0. The van der Waals surface area contributed by atoms with E-state index in [-0.39, 0.29) is 0 Å². The summed E-state index contributed by atoms with van der Waals surface area (Å²) in [4.78, 5) is 9.03. The predicted octanol–water partition coefficient (Wildman–Crippen LogP) is 7.92. The summed E-state index contributed by atoms with van der Waals surface area (Å²) < 4.78 is 0. The summed E-state index contributed by atoms with van der Waals surface area (Å²) in [5.74, 6) is 0. The van der Waals surface area contributed by atoms with Gasteiger partial charge in [-0.15, -0.1) is 0 Å². The molecule has 0 bridgehead atoms. The van der Waals surface area contributed by atoms with E-state index in [9.17, 15) is 10.4 Å². The van der Waals surface area contributed by atoms with E-state index in [2.05, 4.69) is 20.2 Å². The highest BCUT2D eigenvalue weighted by Crippen LogP contribution is 2.27. The first-order valence-electron chi connectivity index (χ1n) is 13.5. The fraction of sp³-hybridized carbons (Fsp3) is 0.250. The highest BCUT2D eigenvalue weighted by molar-refractivity contribution is 5.85. The third-order valence-electron chi connectivity index (χ3n) is 6.77. The van der Waals surface area contributed by atoms with Gasteiger partial charge in [0.05, 0.1) is 33.4 Å². The molecular formula is C32H36N6O2. The lowest BCUT2D eigenvalue weighted by Gasteiger charge is -2.15. The number of rotatable bonds is 8. The number of fused-ring (bicyclic) bond motifs is 2. The average molecular weight is 537 g/mol. The Hall–Kier alpha value is -4.08. The van der Waals surface area contributed by atoms with E-state index in [1.54, 1.807) is 0 Å². The van der Waals surface area contributed by atoms with Crippen molar-refractivity contribution >= 4 is 33.4 Å². The van der Waals surface area contributed by atoms with E-state index in [1.165, 1.54) is 10.1 Å². The summed E-state index contributed by atoms with van der Waals surface area (Å²) >= 11 is 0. The van der Waals surface area contributed by atoms with Crippen LogP contribution in [0.1, 0.15) is 36.1 Å². The molecule has 0 aliphatic rings. The van der Waals surface area contributed by atoms with E-state index >= 15 is 0 Å². The zero-order valence-electron chi connectivity index (χ0n) is 23.5. The number of para-hydroxylation sites is 4. The molecule has 1 aromatic heterocycles. The van der Waals surface area contributed by atoms with E-state index in [0.29, 0.717) is 26.2 Å². The minimum atomic E-state index is 0.493. The monoisotopic (exact) mass is 536 g/mol. The summed E-state index contributed by atoms with van der Waals surface area (Å²) in [6.45, 7) is 10.0. The van der Waals surface area contributed by atoms with Crippen molar-refractivity contribution in [3.8, 4) is 0 Å². The van der Waals surface area contributed by atoms with Gasteiger partial charge in [-0.3, -0.25) is 0 Å². The molecule has 5 rings (SSSR count). The molecule has 4 aromatic carbocycles. The predicted molar refractivity (Wildman–Crippen MR) is 159 cm³/mol. The molecule has 0 atom stereocenters. The smallest absolute Gasteiger partial charge is 0.0894 e. The van der Waals surface area contributed by atoms with Crippen LogP contribution in [0.25, 0.3) is 22.1 Å². The van der Waals surface area contributed by atoms with Crippen molar-refractivity contribution in [1.82, 2.24) is 20.1 Å². The van der Waals surface area contributed by atoms with Gasteiger partial charge in [0.2, 0.25) is 0 Å². The summed E-state index contributed by atoms with van der Waals surface area (Å²) in [6, 6.07) is 27.4. The first kappa shape index (κ1) is 28.9. The van der Waals surface area contributed by atoms with E-state index in [1.807, 2.05) is 113 Å². The number of benzene rings is 4. The van der Waals surface area contributed by atoms with Crippen LogP contribution in [0.4, 0.5) is 11.4 Å². The maximum absolute atomic E-state index is 9.71. The number of hydrogen-bond acceptors (Lipinski definition) is 8. The molecular weight excluding hydrogens is 500 g/mol. The van der Waals surface area contributed by atoms with Crippen LogP contribution in [0.5, 0.6) is 0 Å². The van der Waals surface area contributed by atoms with Crippen molar-refractivity contribution in [1.29, 1.82) is 0 Å². The third kappa shape index (κ3) is 7.52. The Morgan fingerprint density at radius 1 is 0.600 bits per heavy atom. The molecule has 40 heavy (non-hydrogen) atoms. The minimum Gasteiger partial charge on any atom is -0.314 e. The maximum Gasteiger partial charge on any atom is 0.0894 e. The van der Waals surface area contributed by atoms with Crippen molar-refractivity contribution in [3.05, 3.63) is 107 Å². The van der Waals surface area contributed by atoms with Crippen LogP contribution >= 0.6 is 0 Å². The van der Waals surface area contributed by atoms with Gasteiger partial charge in [0.25, 0.3) is 0 Å². The normalized spacial score (nSPS) is 11.5. The van der Waals surface area contributed by atoms with Crippen molar-refractivity contribution < 1.29 is 10.4 Å². The molecule has 206 valence electrons. The molecule has 8 nitrogen and oxygen atoms in total. The Labute approximate surface area is 235 Å². The average Bonchev–Trinajstić information content (AvgIpc) is 2.99. The minimum absolute atomic E-state index is 0.493. The van der Waals surface area contributed by atoms with E-state index in [4.69, 9.17) is 0 Å². The Kier molecular flexibility index (Phi) is 9.99. The fourth-order valence-corrected chi connectivity index (χ4v) is 4.12. The number of hydrogen-bond donors (Lipinski definition) is 2. The van der Waals surface area contributed by atoms with Gasteiger partial charge in [-0.05, 0) is 78.6 Å². The summed E-state index contributed by atoms with van der Waals surface area (Å²) in [5.41, 5.74) is 9.67. The number of aromatic nitrogens is 2. The molecule has 0 aliphatic carbocycles. The van der Waals surface area contributed by atoms with Crippen LogP contribution in [0, 0.1) is 13.8 Å². The van der Waals surface area contributed by atoms with Gasteiger partial charge in [-0.1, -0.05) is 56.3 Å². The quantitative estimate of drug-likeness (QED) is 0.119. The Balaban J connectivity index is 0.000000219. The van der Waals surface area contributed by atoms with Crippen LogP contribution in [0.2, 0.25) is 0 Å². The fourth-order valence-electron chi connectivity index (χ4n) is 4.12. The lowest BCUT2D eigenvalue weighted by Crippen LogP contribution is -2.18. The summed E-state index contributed by atoms with van der Waals surface area (Å²) in [5, 5.41) is 30.5. The van der Waals surface area contributed by atoms with Gasteiger partial charge in [-0.25, -0.2) is 9.97 Å². The largest absolute Gasteiger partial charge is 0.314 e. The molecule has 2 N–H and O–H groups in total. The SMILES string of the molecule is CCN(O)Cc1ccc(N=Nc2ccc(CN(O)CC)c(C)c2C)cc1.c1ccc2nc3ccccc3nc2c1. The Morgan fingerprint density at radius 2 is 1.10 bits per heavy atom.